The van der Waals surface area contributed by atoms with Gasteiger partial charge in [-0.15, -0.1) is 0 Å². The number of nitrogens with two attached hydrogens (primary N) is 1. The fraction of sp³-hybridized carbons (Fsp3) is 0.562. The van der Waals surface area contributed by atoms with Crippen LogP contribution in [0.15, 0.2) is 18.2 Å². The molecule has 0 radical (unpaired) electrons. The standard InChI is InChI=1S/C16H24N2O4/c17-8-4-2-1-3-5-16(19)18-9-10-20-13-6-7-14-15(11-13)22-12-21-14/h6-7,11H,1-5,8-10,12,17H2,(H,18,19). The minimum absolute atomic E-state index is 0.0713. The van der Waals surface area contributed by atoms with E-state index in [9.17, 15) is 4.79 Å². The van der Waals surface area contributed by atoms with Gasteiger partial charge in [0.1, 0.15) is 12.4 Å². The van der Waals surface area contributed by atoms with E-state index in [-0.39, 0.29) is 12.7 Å². The molecule has 0 fully saturated rings. The quantitative estimate of drug-likeness (QED) is 0.644. The van der Waals surface area contributed by atoms with E-state index in [2.05, 4.69) is 5.32 Å². The predicted molar refractivity (Wildman–Crippen MR) is 83.2 cm³/mol. The Hall–Kier alpha value is -1.95. The largest absolute Gasteiger partial charge is 0.492 e. The minimum Gasteiger partial charge on any atom is -0.492 e. The molecule has 1 heterocycles. The Morgan fingerprint density at radius 1 is 1.18 bits per heavy atom. The molecule has 3 N–H and O–H groups in total. The number of amides is 1. The van der Waals surface area contributed by atoms with Crippen LogP contribution in [0, 0.1) is 0 Å². The molecule has 22 heavy (non-hydrogen) atoms. The number of hydrogen-bond acceptors (Lipinski definition) is 5. The highest BCUT2D eigenvalue weighted by Crippen LogP contribution is 2.34. The highest BCUT2D eigenvalue weighted by molar-refractivity contribution is 5.75. The zero-order valence-corrected chi connectivity index (χ0v) is 12.8. The Labute approximate surface area is 130 Å². The van der Waals surface area contributed by atoms with Crippen molar-refractivity contribution >= 4 is 5.91 Å². The number of carbonyl (C=O) groups excluding carboxylic acids is 1. The van der Waals surface area contributed by atoms with Crippen LogP contribution < -0.4 is 25.3 Å². The second-order valence-electron chi connectivity index (χ2n) is 5.17. The number of unbranched alkanes of at least 4 members (excludes halogenated alkanes) is 3. The van der Waals surface area contributed by atoms with Crippen LogP contribution in [-0.4, -0.2) is 32.4 Å². The molecule has 1 aromatic carbocycles. The molecule has 1 aromatic rings. The summed E-state index contributed by atoms with van der Waals surface area (Å²) in [5.41, 5.74) is 5.42. The fourth-order valence-corrected chi connectivity index (χ4v) is 2.20. The summed E-state index contributed by atoms with van der Waals surface area (Å²) in [5.74, 6) is 2.21. The van der Waals surface area contributed by atoms with Crippen molar-refractivity contribution < 1.29 is 19.0 Å². The maximum absolute atomic E-state index is 11.6. The molecule has 1 aliphatic rings. The first-order valence-corrected chi connectivity index (χ1v) is 7.79. The Balaban J connectivity index is 1.54. The zero-order valence-electron chi connectivity index (χ0n) is 12.8. The summed E-state index contributed by atoms with van der Waals surface area (Å²) in [4.78, 5) is 11.6. The lowest BCUT2D eigenvalue weighted by atomic mass is 10.1. The van der Waals surface area contributed by atoms with Crippen LogP contribution in [0.3, 0.4) is 0 Å². The molecular weight excluding hydrogens is 284 g/mol. The number of fused-ring (bicyclic) bond motifs is 1. The Bertz CT molecular complexity index is 479. The minimum atomic E-state index is 0.0713. The Morgan fingerprint density at radius 3 is 2.86 bits per heavy atom. The first-order chi connectivity index (χ1) is 10.8. The average molecular weight is 308 g/mol. The highest BCUT2D eigenvalue weighted by atomic mass is 16.7. The Kier molecular flexibility index (Phi) is 6.83. The van der Waals surface area contributed by atoms with E-state index < -0.39 is 0 Å². The number of ether oxygens (including phenoxy) is 3. The van der Waals surface area contributed by atoms with Crippen LogP contribution in [0.4, 0.5) is 0 Å². The molecule has 0 saturated heterocycles. The van der Waals surface area contributed by atoms with Crippen molar-refractivity contribution in [1.82, 2.24) is 5.32 Å². The molecule has 0 saturated carbocycles. The number of nitrogens with one attached hydrogen (secondary N) is 1. The van der Waals surface area contributed by atoms with Crippen LogP contribution >= 0.6 is 0 Å². The van der Waals surface area contributed by atoms with Crippen molar-refractivity contribution in [2.24, 2.45) is 5.73 Å². The third-order valence-electron chi connectivity index (χ3n) is 3.39. The van der Waals surface area contributed by atoms with Crippen molar-refractivity contribution in [3.8, 4) is 17.2 Å². The average Bonchev–Trinajstić information content (AvgIpc) is 2.99. The van der Waals surface area contributed by atoms with Gasteiger partial charge in [0.05, 0.1) is 6.54 Å². The van der Waals surface area contributed by atoms with Gasteiger partial charge in [-0.1, -0.05) is 12.8 Å². The highest BCUT2D eigenvalue weighted by Gasteiger charge is 2.13. The maximum Gasteiger partial charge on any atom is 0.231 e. The summed E-state index contributed by atoms with van der Waals surface area (Å²) in [6.07, 6.45) is 4.66. The first kappa shape index (κ1) is 16.4. The van der Waals surface area contributed by atoms with E-state index in [4.69, 9.17) is 19.9 Å². The van der Waals surface area contributed by atoms with Gasteiger partial charge in [0, 0.05) is 12.5 Å². The van der Waals surface area contributed by atoms with Crippen LogP contribution in [-0.2, 0) is 4.79 Å². The lowest BCUT2D eigenvalue weighted by molar-refractivity contribution is -0.121. The monoisotopic (exact) mass is 308 g/mol. The summed E-state index contributed by atoms with van der Waals surface area (Å²) in [6, 6.07) is 5.44. The molecule has 6 nitrogen and oxygen atoms in total. The van der Waals surface area contributed by atoms with Gasteiger partial charge in [-0.2, -0.15) is 0 Å². The van der Waals surface area contributed by atoms with Crippen LogP contribution in [0.5, 0.6) is 17.2 Å². The summed E-state index contributed by atoms with van der Waals surface area (Å²) in [7, 11) is 0. The van der Waals surface area contributed by atoms with Gasteiger partial charge in [0.25, 0.3) is 0 Å². The lowest BCUT2D eigenvalue weighted by Gasteiger charge is -2.08. The van der Waals surface area contributed by atoms with E-state index in [0.29, 0.717) is 31.1 Å². The second kappa shape index (κ2) is 9.15. The number of benzene rings is 1. The van der Waals surface area contributed by atoms with Gasteiger partial charge in [0.2, 0.25) is 12.7 Å². The van der Waals surface area contributed by atoms with E-state index in [1.165, 1.54) is 0 Å². The summed E-state index contributed by atoms with van der Waals surface area (Å²) >= 11 is 0. The molecular formula is C16H24N2O4. The van der Waals surface area contributed by atoms with Crippen LogP contribution in [0.25, 0.3) is 0 Å². The van der Waals surface area contributed by atoms with Gasteiger partial charge >= 0.3 is 0 Å². The van der Waals surface area contributed by atoms with Crippen molar-refractivity contribution in [2.45, 2.75) is 32.1 Å². The van der Waals surface area contributed by atoms with Gasteiger partial charge in [-0.05, 0) is 31.5 Å². The second-order valence-corrected chi connectivity index (χ2v) is 5.17. The summed E-state index contributed by atoms with van der Waals surface area (Å²) < 4.78 is 16.1. The van der Waals surface area contributed by atoms with E-state index in [1.807, 2.05) is 12.1 Å². The first-order valence-electron chi connectivity index (χ1n) is 7.79. The van der Waals surface area contributed by atoms with Gasteiger partial charge < -0.3 is 25.3 Å². The molecule has 1 aliphatic heterocycles. The van der Waals surface area contributed by atoms with E-state index >= 15 is 0 Å². The molecule has 0 spiro atoms. The van der Waals surface area contributed by atoms with Crippen molar-refractivity contribution in [2.75, 3.05) is 26.5 Å². The molecule has 0 atom stereocenters. The third-order valence-corrected chi connectivity index (χ3v) is 3.39. The molecule has 122 valence electrons. The predicted octanol–water partition coefficient (Wildman–Crippen LogP) is 1.82. The summed E-state index contributed by atoms with van der Waals surface area (Å²) in [6.45, 7) is 1.90. The smallest absolute Gasteiger partial charge is 0.231 e. The molecule has 0 bridgehead atoms. The third kappa shape index (κ3) is 5.44. The summed E-state index contributed by atoms with van der Waals surface area (Å²) in [5, 5.41) is 2.85. The fourth-order valence-electron chi connectivity index (χ4n) is 2.20. The number of rotatable bonds is 10. The molecule has 1 amide bonds. The molecule has 0 aliphatic carbocycles. The lowest BCUT2D eigenvalue weighted by Crippen LogP contribution is -2.27. The normalized spacial score (nSPS) is 12.2. The van der Waals surface area contributed by atoms with Gasteiger partial charge in [-0.25, -0.2) is 0 Å². The zero-order chi connectivity index (χ0) is 15.6. The van der Waals surface area contributed by atoms with Crippen molar-refractivity contribution in [3.05, 3.63) is 18.2 Å². The van der Waals surface area contributed by atoms with Crippen molar-refractivity contribution in [3.63, 3.8) is 0 Å². The molecule has 0 unspecified atom stereocenters. The van der Waals surface area contributed by atoms with Crippen molar-refractivity contribution in [1.29, 1.82) is 0 Å². The van der Waals surface area contributed by atoms with Gasteiger partial charge in [-0.3, -0.25) is 4.79 Å². The molecule has 2 rings (SSSR count). The van der Waals surface area contributed by atoms with E-state index in [1.54, 1.807) is 6.07 Å². The Morgan fingerprint density at radius 2 is 2.00 bits per heavy atom. The number of carbonyl (C=O) groups is 1. The topological polar surface area (TPSA) is 82.8 Å². The molecule has 0 aromatic heterocycles. The SMILES string of the molecule is NCCCCCCC(=O)NCCOc1ccc2c(c1)OCO2. The maximum atomic E-state index is 11.6. The van der Waals surface area contributed by atoms with Gasteiger partial charge in [0.15, 0.2) is 11.5 Å². The number of hydrogen-bond donors (Lipinski definition) is 2. The molecule has 6 heteroatoms. The van der Waals surface area contributed by atoms with Crippen LogP contribution in [0.2, 0.25) is 0 Å². The van der Waals surface area contributed by atoms with Crippen LogP contribution in [0.1, 0.15) is 32.1 Å². The van der Waals surface area contributed by atoms with E-state index in [0.717, 1.165) is 38.0 Å².